The molecular formula is C19H27N3O4S. The van der Waals surface area contributed by atoms with Crippen LogP contribution in [0.2, 0.25) is 0 Å². The summed E-state index contributed by atoms with van der Waals surface area (Å²) in [5, 5.41) is 0. The highest BCUT2D eigenvalue weighted by atomic mass is 32.2. The van der Waals surface area contributed by atoms with Crippen molar-refractivity contribution in [2.24, 2.45) is 5.92 Å². The minimum absolute atomic E-state index is 0.183. The second-order valence-corrected chi connectivity index (χ2v) is 9.28. The zero-order valence-corrected chi connectivity index (χ0v) is 16.3. The van der Waals surface area contributed by atoms with E-state index in [1.165, 1.54) is 35.0 Å². The van der Waals surface area contributed by atoms with Crippen LogP contribution in [0.3, 0.4) is 0 Å². The number of sulfonamides is 1. The van der Waals surface area contributed by atoms with E-state index in [1.54, 1.807) is 0 Å². The molecule has 1 aromatic carbocycles. The van der Waals surface area contributed by atoms with Gasteiger partial charge in [0, 0.05) is 25.1 Å². The number of nitrogens with one attached hydrogen (secondary N) is 2. The summed E-state index contributed by atoms with van der Waals surface area (Å²) in [5.41, 5.74) is 5.16. The molecule has 2 amide bonds. The molecule has 1 saturated carbocycles. The predicted octanol–water partition coefficient (Wildman–Crippen LogP) is 2.20. The van der Waals surface area contributed by atoms with E-state index in [2.05, 4.69) is 10.9 Å². The van der Waals surface area contributed by atoms with Gasteiger partial charge in [-0.1, -0.05) is 19.3 Å². The van der Waals surface area contributed by atoms with Crippen molar-refractivity contribution in [3.05, 3.63) is 29.8 Å². The maximum absolute atomic E-state index is 12.5. The molecule has 1 heterocycles. The minimum Gasteiger partial charge on any atom is -0.273 e. The first kappa shape index (κ1) is 19.8. The van der Waals surface area contributed by atoms with Gasteiger partial charge in [-0.25, -0.2) is 8.42 Å². The summed E-state index contributed by atoms with van der Waals surface area (Å²) in [6, 6.07) is 5.80. The summed E-state index contributed by atoms with van der Waals surface area (Å²) in [6.07, 6.45) is 7.86. The molecule has 0 atom stereocenters. The van der Waals surface area contributed by atoms with Crippen molar-refractivity contribution in [3.63, 3.8) is 0 Å². The third-order valence-electron chi connectivity index (χ3n) is 5.33. The number of rotatable bonds is 5. The molecule has 0 bridgehead atoms. The molecule has 3 rings (SSSR count). The zero-order valence-electron chi connectivity index (χ0n) is 15.4. The van der Waals surface area contributed by atoms with Crippen molar-refractivity contribution in [1.29, 1.82) is 0 Å². The molecule has 1 aliphatic carbocycles. The molecule has 2 aliphatic rings. The second kappa shape index (κ2) is 8.84. The number of benzene rings is 1. The normalized spacial score (nSPS) is 19.0. The Morgan fingerprint density at radius 3 is 2.19 bits per heavy atom. The van der Waals surface area contributed by atoms with Gasteiger partial charge in [-0.05, 0) is 55.9 Å². The van der Waals surface area contributed by atoms with Gasteiger partial charge >= 0.3 is 0 Å². The van der Waals surface area contributed by atoms with Gasteiger partial charge in [-0.15, -0.1) is 0 Å². The van der Waals surface area contributed by atoms with E-state index >= 15 is 0 Å². The Labute approximate surface area is 160 Å². The summed E-state index contributed by atoms with van der Waals surface area (Å²) in [5.74, 6) is -0.258. The molecule has 27 heavy (non-hydrogen) atoms. The van der Waals surface area contributed by atoms with Crippen LogP contribution in [0.4, 0.5) is 0 Å². The summed E-state index contributed by atoms with van der Waals surface area (Å²) in [7, 11) is -3.49. The first-order valence-electron chi connectivity index (χ1n) is 9.66. The Morgan fingerprint density at radius 1 is 0.926 bits per heavy atom. The van der Waals surface area contributed by atoms with Crippen LogP contribution < -0.4 is 10.9 Å². The molecule has 0 aromatic heterocycles. The van der Waals surface area contributed by atoms with E-state index in [-0.39, 0.29) is 10.8 Å². The highest BCUT2D eigenvalue weighted by Gasteiger charge is 2.27. The first-order valence-corrected chi connectivity index (χ1v) is 11.1. The van der Waals surface area contributed by atoms with Crippen LogP contribution in [-0.2, 0) is 14.8 Å². The van der Waals surface area contributed by atoms with E-state index in [9.17, 15) is 18.0 Å². The van der Waals surface area contributed by atoms with Crippen molar-refractivity contribution in [2.75, 3.05) is 13.1 Å². The van der Waals surface area contributed by atoms with Crippen LogP contribution in [0.15, 0.2) is 29.2 Å². The Balaban J connectivity index is 1.52. The topological polar surface area (TPSA) is 95.6 Å². The standard InChI is InChI=1S/C19H27N3O4S/c23-18(14-15-6-2-1-3-7-15)20-21-19(24)16-8-10-17(11-9-16)27(25,26)22-12-4-5-13-22/h8-11,15H,1-7,12-14H2,(H,20,23)(H,21,24). The van der Waals surface area contributed by atoms with Gasteiger partial charge in [-0.2, -0.15) is 4.31 Å². The van der Waals surface area contributed by atoms with Gasteiger partial charge in [0.2, 0.25) is 15.9 Å². The number of carbonyl (C=O) groups excluding carboxylic acids is 2. The monoisotopic (exact) mass is 393 g/mol. The van der Waals surface area contributed by atoms with Gasteiger partial charge in [0.15, 0.2) is 0 Å². The molecule has 1 saturated heterocycles. The van der Waals surface area contributed by atoms with Crippen LogP contribution >= 0.6 is 0 Å². The molecule has 1 aliphatic heterocycles. The molecule has 8 heteroatoms. The van der Waals surface area contributed by atoms with Crippen molar-refractivity contribution in [2.45, 2.75) is 56.3 Å². The predicted molar refractivity (Wildman–Crippen MR) is 101 cm³/mol. The van der Waals surface area contributed by atoms with Crippen molar-refractivity contribution in [3.8, 4) is 0 Å². The van der Waals surface area contributed by atoms with Crippen molar-refractivity contribution >= 4 is 21.8 Å². The summed E-state index contributed by atoms with van der Waals surface area (Å²) in [4.78, 5) is 24.3. The average Bonchev–Trinajstić information content (AvgIpc) is 3.23. The third-order valence-corrected chi connectivity index (χ3v) is 7.25. The number of nitrogens with zero attached hydrogens (tertiary/aromatic N) is 1. The number of carbonyl (C=O) groups is 2. The van der Waals surface area contributed by atoms with Crippen LogP contribution in [-0.4, -0.2) is 37.6 Å². The van der Waals surface area contributed by atoms with Crippen LogP contribution in [0.5, 0.6) is 0 Å². The van der Waals surface area contributed by atoms with Gasteiger partial charge in [0.05, 0.1) is 4.90 Å². The molecule has 1 aromatic rings. The number of amides is 2. The lowest BCUT2D eigenvalue weighted by Crippen LogP contribution is -2.42. The van der Waals surface area contributed by atoms with E-state index < -0.39 is 15.9 Å². The number of hydrazine groups is 1. The van der Waals surface area contributed by atoms with E-state index in [0.717, 1.165) is 38.5 Å². The molecule has 2 fully saturated rings. The van der Waals surface area contributed by atoms with Crippen LogP contribution in [0, 0.1) is 5.92 Å². The largest absolute Gasteiger partial charge is 0.273 e. The lowest BCUT2D eigenvalue weighted by Gasteiger charge is -2.20. The maximum atomic E-state index is 12.5. The molecular weight excluding hydrogens is 366 g/mol. The fraction of sp³-hybridized carbons (Fsp3) is 0.579. The maximum Gasteiger partial charge on any atom is 0.269 e. The molecule has 0 spiro atoms. The Morgan fingerprint density at radius 2 is 1.56 bits per heavy atom. The molecule has 0 radical (unpaired) electrons. The molecule has 148 valence electrons. The smallest absolute Gasteiger partial charge is 0.269 e. The molecule has 7 nitrogen and oxygen atoms in total. The summed E-state index contributed by atoms with van der Waals surface area (Å²) in [6.45, 7) is 1.08. The first-order chi connectivity index (χ1) is 13.0. The van der Waals surface area contributed by atoms with Crippen LogP contribution in [0.1, 0.15) is 61.7 Å². The zero-order chi connectivity index (χ0) is 19.3. The van der Waals surface area contributed by atoms with Gasteiger partial charge in [-0.3, -0.25) is 20.4 Å². The SMILES string of the molecule is O=C(CC1CCCCC1)NNC(=O)c1ccc(S(=O)(=O)N2CCCC2)cc1. The van der Waals surface area contributed by atoms with Crippen molar-refractivity contribution < 1.29 is 18.0 Å². The number of hydrogen-bond acceptors (Lipinski definition) is 4. The van der Waals surface area contributed by atoms with E-state index in [1.807, 2.05) is 0 Å². The van der Waals surface area contributed by atoms with E-state index in [4.69, 9.17) is 0 Å². The second-order valence-electron chi connectivity index (χ2n) is 7.35. The fourth-order valence-corrected chi connectivity index (χ4v) is 5.28. The fourth-order valence-electron chi connectivity index (χ4n) is 3.76. The Kier molecular flexibility index (Phi) is 6.49. The van der Waals surface area contributed by atoms with Gasteiger partial charge < -0.3 is 0 Å². The number of hydrogen-bond donors (Lipinski definition) is 2. The van der Waals surface area contributed by atoms with Crippen LogP contribution in [0.25, 0.3) is 0 Å². The summed E-state index contributed by atoms with van der Waals surface area (Å²) < 4.78 is 26.4. The highest BCUT2D eigenvalue weighted by molar-refractivity contribution is 7.89. The van der Waals surface area contributed by atoms with Gasteiger partial charge in [0.1, 0.15) is 0 Å². The lowest BCUT2D eigenvalue weighted by atomic mass is 9.87. The highest BCUT2D eigenvalue weighted by Crippen LogP contribution is 2.26. The van der Waals surface area contributed by atoms with E-state index in [0.29, 0.717) is 31.0 Å². The lowest BCUT2D eigenvalue weighted by molar-refractivity contribution is -0.123. The molecule has 2 N–H and O–H groups in total. The quantitative estimate of drug-likeness (QED) is 0.750. The molecule has 0 unspecified atom stereocenters. The van der Waals surface area contributed by atoms with Gasteiger partial charge in [0.25, 0.3) is 5.91 Å². The summed E-state index contributed by atoms with van der Waals surface area (Å²) >= 11 is 0. The minimum atomic E-state index is -3.49. The Hall–Kier alpha value is -1.93. The van der Waals surface area contributed by atoms with Crippen molar-refractivity contribution in [1.82, 2.24) is 15.2 Å². The Bertz CT molecular complexity index is 765. The average molecular weight is 394 g/mol. The third kappa shape index (κ3) is 5.07.